The quantitative estimate of drug-likeness (QED) is 0.347. The molecule has 2 aromatic carbocycles. The van der Waals surface area contributed by atoms with Crippen molar-refractivity contribution in [3.63, 3.8) is 0 Å². The van der Waals surface area contributed by atoms with Crippen LogP contribution in [0.5, 0.6) is 0 Å². The molecule has 2 heterocycles. The number of hydrogen-bond donors (Lipinski definition) is 1. The lowest BCUT2D eigenvalue weighted by Crippen LogP contribution is -2.44. The topological polar surface area (TPSA) is 79.0 Å². The van der Waals surface area contributed by atoms with E-state index in [2.05, 4.69) is 34.5 Å². The minimum Gasteiger partial charge on any atom is -0.380 e. The van der Waals surface area contributed by atoms with Gasteiger partial charge in [-0.3, -0.25) is 24.2 Å². The second-order valence-corrected chi connectivity index (χ2v) is 11.4. The summed E-state index contributed by atoms with van der Waals surface area (Å²) in [5.41, 5.74) is 3.75. The molecule has 7 nitrogen and oxygen atoms in total. The number of anilines is 1. The molecule has 0 radical (unpaired) electrons. The fraction of sp³-hybridized carbons (Fsp3) is 0.531. The van der Waals surface area contributed by atoms with E-state index in [1.54, 1.807) is 12.1 Å². The Bertz CT molecular complexity index is 1180. The molecule has 5 rings (SSSR count). The van der Waals surface area contributed by atoms with E-state index in [4.69, 9.17) is 4.74 Å². The van der Waals surface area contributed by atoms with Gasteiger partial charge in [0.2, 0.25) is 0 Å². The first-order chi connectivity index (χ1) is 18.9. The maximum absolute atomic E-state index is 13.4. The summed E-state index contributed by atoms with van der Waals surface area (Å²) in [5.74, 6) is -0.0886. The molecule has 2 aromatic rings. The molecule has 1 atom stereocenters. The fourth-order valence-corrected chi connectivity index (χ4v) is 5.65. The Hall–Kier alpha value is -3.03. The van der Waals surface area contributed by atoms with Crippen molar-refractivity contribution in [2.75, 3.05) is 25.0 Å². The molecule has 0 bridgehead atoms. The predicted molar refractivity (Wildman–Crippen MR) is 152 cm³/mol. The van der Waals surface area contributed by atoms with E-state index in [0.29, 0.717) is 35.9 Å². The van der Waals surface area contributed by atoms with E-state index in [1.807, 2.05) is 13.0 Å². The molecule has 2 aliphatic heterocycles. The van der Waals surface area contributed by atoms with E-state index in [0.717, 1.165) is 63.4 Å². The van der Waals surface area contributed by atoms with Crippen LogP contribution < -0.4 is 5.32 Å². The first-order valence-electron chi connectivity index (χ1n) is 14.6. The third-order valence-electron chi connectivity index (χ3n) is 8.27. The summed E-state index contributed by atoms with van der Waals surface area (Å²) in [6.07, 6.45) is 7.51. The van der Waals surface area contributed by atoms with Crippen LogP contribution in [-0.4, -0.2) is 59.2 Å². The number of ketones is 1. The van der Waals surface area contributed by atoms with Gasteiger partial charge in [-0.25, -0.2) is 0 Å². The number of ether oxygens (including phenoxy) is 1. The third-order valence-corrected chi connectivity index (χ3v) is 8.27. The molecular weight excluding hydrogens is 490 g/mol. The molecule has 2 amide bonds. The van der Waals surface area contributed by atoms with Crippen LogP contribution in [0, 0.1) is 5.92 Å². The van der Waals surface area contributed by atoms with Crippen LogP contribution in [0.25, 0.3) is 0 Å². The summed E-state index contributed by atoms with van der Waals surface area (Å²) in [6, 6.07) is 13.2. The highest BCUT2D eigenvalue weighted by atomic mass is 16.5. The van der Waals surface area contributed by atoms with Gasteiger partial charge in [-0.1, -0.05) is 50.1 Å². The van der Waals surface area contributed by atoms with Crippen molar-refractivity contribution >= 4 is 23.3 Å². The van der Waals surface area contributed by atoms with Crippen molar-refractivity contribution in [2.45, 2.75) is 84.0 Å². The Morgan fingerprint density at radius 1 is 1.00 bits per heavy atom. The Kier molecular flexibility index (Phi) is 8.78. The second kappa shape index (κ2) is 12.4. The molecule has 39 heavy (non-hydrogen) atoms. The number of hydrogen-bond acceptors (Lipinski definition) is 6. The average Bonchev–Trinajstić information content (AvgIpc) is 3.74. The molecule has 1 unspecified atom stereocenters. The number of carbonyl (C=O) groups is 3. The summed E-state index contributed by atoms with van der Waals surface area (Å²) in [7, 11) is 0. The standard InChI is InChI=1S/C32H41N3O4/c1-3-4-8-29(22(2)36)35-31(37)27-6-5-7-28(30(27)32(35)38)33-19-23-9-11-24(12-10-23)20-34-17-15-26(16-18-34)39-21-25-13-14-25/h5-7,9-12,25-26,29,33H,3-4,8,13-21H2,1-2H3. The minimum absolute atomic E-state index is 0.154. The van der Waals surface area contributed by atoms with E-state index in [1.165, 1.54) is 30.2 Å². The number of carbonyl (C=O) groups excluding carboxylic acids is 3. The van der Waals surface area contributed by atoms with Gasteiger partial charge in [0, 0.05) is 38.5 Å². The van der Waals surface area contributed by atoms with Crippen molar-refractivity contribution in [1.82, 2.24) is 9.80 Å². The number of unbranched alkanes of at least 4 members (excludes halogenated alkanes) is 1. The maximum Gasteiger partial charge on any atom is 0.264 e. The number of rotatable bonds is 13. The fourth-order valence-electron chi connectivity index (χ4n) is 5.65. The zero-order chi connectivity index (χ0) is 27.4. The van der Waals surface area contributed by atoms with Gasteiger partial charge in [-0.05, 0) is 68.2 Å². The molecule has 1 aliphatic carbocycles. The van der Waals surface area contributed by atoms with Gasteiger partial charge < -0.3 is 10.1 Å². The zero-order valence-electron chi connectivity index (χ0n) is 23.3. The normalized spacial score (nSPS) is 18.9. The second-order valence-electron chi connectivity index (χ2n) is 11.4. The molecule has 1 saturated heterocycles. The van der Waals surface area contributed by atoms with Crippen LogP contribution in [0.15, 0.2) is 42.5 Å². The largest absolute Gasteiger partial charge is 0.380 e. The van der Waals surface area contributed by atoms with E-state index in [9.17, 15) is 14.4 Å². The Balaban J connectivity index is 1.16. The molecule has 0 aromatic heterocycles. The molecule has 1 N–H and O–H groups in total. The predicted octanol–water partition coefficient (Wildman–Crippen LogP) is 5.43. The number of piperidine rings is 1. The van der Waals surface area contributed by atoms with Gasteiger partial charge in [0.05, 0.1) is 23.3 Å². The lowest BCUT2D eigenvalue weighted by molar-refractivity contribution is -0.121. The van der Waals surface area contributed by atoms with Crippen LogP contribution in [-0.2, 0) is 22.6 Å². The molecule has 208 valence electrons. The van der Waals surface area contributed by atoms with E-state index < -0.39 is 6.04 Å². The average molecular weight is 532 g/mol. The van der Waals surface area contributed by atoms with Crippen molar-refractivity contribution in [3.05, 3.63) is 64.7 Å². The van der Waals surface area contributed by atoms with Crippen molar-refractivity contribution in [3.8, 4) is 0 Å². The van der Waals surface area contributed by atoms with Crippen LogP contribution >= 0.6 is 0 Å². The number of benzene rings is 2. The van der Waals surface area contributed by atoms with Gasteiger partial charge >= 0.3 is 0 Å². The Morgan fingerprint density at radius 3 is 2.38 bits per heavy atom. The lowest BCUT2D eigenvalue weighted by atomic mass is 10.0. The summed E-state index contributed by atoms with van der Waals surface area (Å²) in [4.78, 5) is 42.5. The monoisotopic (exact) mass is 531 g/mol. The van der Waals surface area contributed by atoms with Gasteiger partial charge in [0.15, 0.2) is 5.78 Å². The number of fused-ring (bicyclic) bond motifs is 1. The summed E-state index contributed by atoms with van der Waals surface area (Å²) < 4.78 is 6.08. The number of amides is 2. The van der Waals surface area contributed by atoms with E-state index in [-0.39, 0.29) is 17.6 Å². The summed E-state index contributed by atoms with van der Waals surface area (Å²) >= 11 is 0. The third kappa shape index (κ3) is 6.59. The highest BCUT2D eigenvalue weighted by molar-refractivity contribution is 6.25. The highest BCUT2D eigenvalue weighted by Crippen LogP contribution is 2.33. The number of nitrogens with zero attached hydrogens (tertiary/aromatic N) is 2. The van der Waals surface area contributed by atoms with Crippen molar-refractivity contribution < 1.29 is 19.1 Å². The molecule has 2 fully saturated rings. The zero-order valence-corrected chi connectivity index (χ0v) is 23.3. The number of imide groups is 1. The minimum atomic E-state index is -0.709. The van der Waals surface area contributed by atoms with Gasteiger partial charge in [0.25, 0.3) is 11.8 Å². The first kappa shape index (κ1) is 27.5. The van der Waals surface area contributed by atoms with E-state index >= 15 is 0 Å². The highest BCUT2D eigenvalue weighted by Gasteiger charge is 2.42. The molecule has 0 spiro atoms. The maximum atomic E-state index is 13.4. The lowest BCUT2D eigenvalue weighted by Gasteiger charge is -2.32. The number of Topliss-reactive ketones (excluding diaryl/α,β-unsaturated/α-hetero) is 1. The number of likely N-dealkylation sites (tertiary alicyclic amines) is 1. The smallest absolute Gasteiger partial charge is 0.264 e. The molecule has 1 saturated carbocycles. The SMILES string of the molecule is CCCCC(C(C)=O)N1C(=O)c2cccc(NCc3ccc(CN4CCC(OCC5CC5)CC4)cc3)c2C1=O. The van der Waals surface area contributed by atoms with Crippen molar-refractivity contribution in [1.29, 1.82) is 0 Å². The summed E-state index contributed by atoms with van der Waals surface area (Å²) in [6.45, 7) is 8.06. The first-order valence-corrected chi connectivity index (χ1v) is 14.6. The molecular formula is C32H41N3O4. The summed E-state index contributed by atoms with van der Waals surface area (Å²) in [5, 5.41) is 3.37. The molecule has 7 heteroatoms. The van der Waals surface area contributed by atoms with Crippen LogP contribution in [0.3, 0.4) is 0 Å². The van der Waals surface area contributed by atoms with Crippen LogP contribution in [0.1, 0.15) is 90.6 Å². The molecule has 3 aliphatic rings. The number of nitrogens with one attached hydrogen (secondary N) is 1. The van der Waals surface area contributed by atoms with Crippen molar-refractivity contribution in [2.24, 2.45) is 5.92 Å². The van der Waals surface area contributed by atoms with Crippen LogP contribution in [0.2, 0.25) is 0 Å². The van der Waals surface area contributed by atoms with Gasteiger partial charge in [-0.15, -0.1) is 0 Å². The van der Waals surface area contributed by atoms with Crippen LogP contribution in [0.4, 0.5) is 5.69 Å². The van der Waals surface area contributed by atoms with Gasteiger partial charge in [-0.2, -0.15) is 0 Å². The Morgan fingerprint density at radius 2 is 1.72 bits per heavy atom. The Labute approximate surface area is 231 Å². The van der Waals surface area contributed by atoms with Gasteiger partial charge in [0.1, 0.15) is 0 Å².